The Morgan fingerprint density at radius 3 is 2.76 bits per heavy atom. The molecule has 1 fully saturated rings. The van der Waals surface area contributed by atoms with Crippen LogP contribution in [0.5, 0.6) is 0 Å². The summed E-state index contributed by atoms with van der Waals surface area (Å²) in [6.45, 7) is 8.37. The number of thiophene rings is 1. The zero-order valence-corrected chi connectivity index (χ0v) is 11.8. The molecule has 0 saturated carbocycles. The van der Waals surface area contributed by atoms with Crippen LogP contribution in [0, 0.1) is 5.92 Å². The topological polar surface area (TPSA) is 35.2 Å². The first-order valence-electron chi connectivity index (χ1n) is 6.44. The summed E-state index contributed by atoms with van der Waals surface area (Å²) in [7, 11) is 0. The maximum Gasteiger partial charge on any atom is 0.0956 e. The number of ether oxygens (including phenoxy) is 1. The molecule has 0 aliphatic carbocycles. The Kier molecular flexibility index (Phi) is 3.91. The number of rotatable bonds is 2. The summed E-state index contributed by atoms with van der Waals surface area (Å²) in [4.78, 5) is 2.78. The lowest BCUT2D eigenvalue weighted by Gasteiger charge is -2.30. The highest BCUT2D eigenvalue weighted by Gasteiger charge is 2.28. The fourth-order valence-corrected chi connectivity index (χ4v) is 3.52. The van der Waals surface area contributed by atoms with E-state index in [-0.39, 0.29) is 11.5 Å². The van der Waals surface area contributed by atoms with Crippen molar-refractivity contribution in [1.82, 2.24) is 0 Å². The van der Waals surface area contributed by atoms with E-state index in [1.807, 2.05) is 11.3 Å². The summed E-state index contributed by atoms with van der Waals surface area (Å²) in [5.41, 5.74) is 6.08. The molecule has 2 rings (SSSR count). The van der Waals surface area contributed by atoms with E-state index < -0.39 is 0 Å². The predicted molar refractivity (Wildman–Crippen MR) is 73.5 cm³/mol. The fraction of sp³-hybridized carbons (Fsp3) is 0.714. The van der Waals surface area contributed by atoms with Gasteiger partial charge >= 0.3 is 0 Å². The highest BCUT2D eigenvalue weighted by molar-refractivity contribution is 7.12. The normalized spacial score (nSPS) is 26.1. The van der Waals surface area contributed by atoms with E-state index >= 15 is 0 Å². The second-order valence-electron chi connectivity index (χ2n) is 5.88. The van der Waals surface area contributed by atoms with Gasteiger partial charge in [0.2, 0.25) is 0 Å². The molecule has 0 radical (unpaired) electrons. The minimum atomic E-state index is 0.231. The van der Waals surface area contributed by atoms with E-state index in [1.54, 1.807) is 0 Å². The SMILES string of the molecule is CC(C)(C)c1ccc(C2OCCCC2CN)s1. The number of nitrogens with two attached hydrogens (primary N) is 1. The van der Waals surface area contributed by atoms with Gasteiger partial charge in [-0.05, 0) is 36.9 Å². The molecule has 0 spiro atoms. The van der Waals surface area contributed by atoms with Crippen LogP contribution < -0.4 is 5.73 Å². The molecule has 2 N–H and O–H groups in total. The van der Waals surface area contributed by atoms with Crippen molar-refractivity contribution in [2.75, 3.05) is 13.2 Å². The molecule has 2 heterocycles. The van der Waals surface area contributed by atoms with Crippen molar-refractivity contribution in [3.63, 3.8) is 0 Å². The van der Waals surface area contributed by atoms with Crippen LogP contribution in [0.2, 0.25) is 0 Å². The van der Waals surface area contributed by atoms with Crippen LogP contribution in [-0.4, -0.2) is 13.2 Å². The van der Waals surface area contributed by atoms with Gasteiger partial charge in [0, 0.05) is 22.3 Å². The second kappa shape index (κ2) is 5.09. The molecule has 2 nitrogen and oxygen atoms in total. The number of hydrogen-bond donors (Lipinski definition) is 1. The van der Waals surface area contributed by atoms with Gasteiger partial charge in [-0.1, -0.05) is 20.8 Å². The molecule has 2 atom stereocenters. The molecule has 0 amide bonds. The molecule has 0 bridgehead atoms. The quantitative estimate of drug-likeness (QED) is 0.876. The Morgan fingerprint density at radius 1 is 1.41 bits per heavy atom. The highest BCUT2D eigenvalue weighted by atomic mass is 32.1. The van der Waals surface area contributed by atoms with Gasteiger partial charge in [-0.15, -0.1) is 11.3 Å². The van der Waals surface area contributed by atoms with Crippen LogP contribution >= 0.6 is 11.3 Å². The van der Waals surface area contributed by atoms with Crippen LogP contribution in [0.15, 0.2) is 12.1 Å². The van der Waals surface area contributed by atoms with Crippen LogP contribution in [0.1, 0.15) is 49.5 Å². The Morgan fingerprint density at radius 2 is 2.18 bits per heavy atom. The molecule has 1 aliphatic rings. The van der Waals surface area contributed by atoms with Gasteiger partial charge in [0.15, 0.2) is 0 Å². The van der Waals surface area contributed by atoms with E-state index in [0.29, 0.717) is 5.92 Å². The van der Waals surface area contributed by atoms with E-state index in [2.05, 4.69) is 32.9 Å². The van der Waals surface area contributed by atoms with Crippen molar-refractivity contribution >= 4 is 11.3 Å². The van der Waals surface area contributed by atoms with Crippen LogP contribution in [-0.2, 0) is 10.2 Å². The Balaban J connectivity index is 2.18. The van der Waals surface area contributed by atoms with E-state index in [0.717, 1.165) is 19.6 Å². The van der Waals surface area contributed by atoms with E-state index in [1.165, 1.54) is 16.2 Å². The van der Waals surface area contributed by atoms with E-state index in [9.17, 15) is 0 Å². The first kappa shape index (κ1) is 13.1. The lowest BCUT2D eigenvalue weighted by molar-refractivity contribution is -0.0229. The summed E-state index contributed by atoms with van der Waals surface area (Å²) < 4.78 is 5.92. The molecule has 2 unspecified atom stereocenters. The molecule has 1 saturated heterocycles. The Labute approximate surface area is 108 Å². The van der Waals surface area contributed by atoms with Crippen LogP contribution in [0.4, 0.5) is 0 Å². The highest BCUT2D eigenvalue weighted by Crippen LogP contribution is 2.39. The molecule has 1 aliphatic heterocycles. The predicted octanol–water partition coefficient (Wildman–Crippen LogP) is 3.47. The summed E-state index contributed by atoms with van der Waals surface area (Å²) in [6.07, 6.45) is 2.58. The van der Waals surface area contributed by atoms with Gasteiger partial charge in [0.1, 0.15) is 0 Å². The standard InChI is InChI=1S/C14H23NOS/c1-14(2,3)12-7-6-11(17-12)13-10(9-15)5-4-8-16-13/h6-7,10,13H,4-5,8-9,15H2,1-3H3. The van der Waals surface area contributed by atoms with Crippen molar-refractivity contribution in [2.24, 2.45) is 11.7 Å². The first-order valence-corrected chi connectivity index (χ1v) is 7.26. The second-order valence-corrected chi connectivity index (χ2v) is 7.00. The van der Waals surface area contributed by atoms with Gasteiger partial charge in [-0.3, -0.25) is 0 Å². The average molecular weight is 253 g/mol. The largest absolute Gasteiger partial charge is 0.372 e. The monoisotopic (exact) mass is 253 g/mol. The van der Waals surface area contributed by atoms with Crippen molar-refractivity contribution < 1.29 is 4.74 Å². The van der Waals surface area contributed by atoms with Gasteiger partial charge in [0.25, 0.3) is 0 Å². The van der Waals surface area contributed by atoms with Gasteiger partial charge in [0.05, 0.1) is 6.10 Å². The third-order valence-electron chi connectivity index (χ3n) is 3.39. The summed E-state index contributed by atoms with van der Waals surface area (Å²) in [5.74, 6) is 0.496. The molecule has 0 aromatic carbocycles. The summed E-state index contributed by atoms with van der Waals surface area (Å²) >= 11 is 1.88. The number of hydrogen-bond acceptors (Lipinski definition) is 3. The lowest BCUT2D eigenvalue weighted by atomic mass is 9.93. The zero-order valence-electron chi connectivity index (χ0n) is 11.0. The van der Waals surface area contributed by atoms with Crippen molar-refractivity contribution in [3.8, 4) is 0 Å². The molecular weight excluding hydrogens is 230 g/mol. The lowest BCUT2D eigenvalue weighted by Crippen LogP contribution is -2.28. The fourth-order valence-electron chi connectivity index (χ4n) is 2.31. The average Bonchev–Trinajstić information content (AvgIpc) is 2.77. The van der Waals surface area contributed by atoms with Crippen molar-refractivity contribution in [3.05, 3.63) is 21.9 Å². The molecule has 1 aromatic rings. The van der Waals surface area contributed by atoms with Crippen molar-refractivity contribution in [1.29, 1.82) is 0 Å². The van der Waals surface area contributed by atoms with Gasteiger partial charge in [-0.2, -0.15) is 0 Å². The Bertz CT molecular complexity index is 367. The zero-order chi connectivity index (χ0) is 12.5. The maximum atomic E-state index is 5.92. The third kappa shape index (κ3) is 2.90. The smallest absolute Gasteiger partial charge is 0.0956 e. The van der Waals surface area contributed by atoms with E-state index in [4.69, 9.17) is 10.5 Å². The third-order valence-corrected chi connectivity index (χ3v) is 4.97. The minimum absolute atomic E-state index is 0.231. The molecular formula is C14H23NOS. The van der Waals surface area contributed by atoms with Crippen LogP contribution in [0.25, 0.3) is 0 Å². The first-order chi connectivity index (χ1) is 8.02. The molecule has 1 aromatic heterocycles. The molecule has 3 heteroatoms. The Hall–Kier alpha value is -0.380. The molecule has 17 heavy (non-hydrogen) atoms. The summed E-state index contributed by atoms with van der Waals surface area (Å²) in [6, 6.07) is 4.47. The van der Waals surface area contributed by atoms with Crippen LogP contribution in [0.3, 0.4) is 0 Å². The molecule has 96 valence electrons. The van der Waals surface area contributed by atoms with Gasteiger partial charge in [-0.25, -0.2) is 0 Å². The summed E-state index contributed by atoms with van der Waals surface area (Å²) in [5, 5.41) is 0. The minimum Gasteiger partial charge on any atom is -0.372 e. The van der Waals surface area contributed by atoms with Gasteiger partial charge < -0.3 is 10.5 Å². The maximum absolute atomic E-state index is 5.92. The van der Waals surface area contributed by atoms with Crippen molar-refractivity contribution in [2.45, 2.75) is 45.1 Å².